The zero-order chi connectivity index (χ0) is 19.3. The Labute approximate surface area is 169 Å². The van der Waals surface area contributed by atoms with Crippen LogP contribution in [0.15, 0.2) is 18.3 Å². The average Bonchev–Trinajstić information content (AvgIpc) is 3.25. The largest absolute Gasteiger partial charge is 0.377 e. The highest BCUT2D eigenvalue weighted by molar-refractivity contribution is 5.79. The minimum absolute atomic E-state index is 0.124. The maximum atomic E-state index is 13.3. The van der Waals surface area contributed by atoms with Crippen LogP contribution in [0.1, 0.15) is 69.5 Å². The molecule has 2 aliphatic carbocycles. The molecule has 2 fully saturated rings. The number of fused-ring (bicyclic) bond motifs is 1. The summed E-state index contributed by atoms with van der Waals surface area (Å²) in [4.78, 5) is 19.8. The minimum Gasteiger partial charge on any atom is -0.377 e. The highest BCUT2D eigenvalue weighted by atomic mass is 16.5. The molecule has 0 aromatic carbocycles. The van der Waals surface area contributed by atoms with Gasteiger partial charge in [-0.25, -0.2) is 0 Å². The van der Waals surface area contributed by atoms with Crippen LogP contribution in [0.2, 0.25) is 0 Å². The van der Waals surface area contributed by atoms with E-state index in [0.717, 1.165) is 57.5 Å². The van der Waals surface area contributed by atoms with E-state index in [0.29, 0.717) is 18.0 Å². The normalized spacial score (nSPS) is 28.3. The standard InChI is InChI=1S/C23H35N3O2/c1-2-14-28-22-10-9-17(15-21(22)25-19-7-3-4-8-19)23(27)26-13-11-20-18(16-26)6-5-12-24-20/h5-6,12,17,19,21-22,25H,2-4,7-11,13-16H2,1H3/t17-,21+,22+/m0/s1. The number of carbonyl (C=O) groups is 1. The van der Waals surface area contributed by atoms with Gasteiger partial charge in [-0.05, 0) is 50.2 Å². The molecule has 3 aliphatic rings. The van der Waals surface area contributed by atoms with Gasteiger partial charge in [0, 0.05) is 56.0 Å². The summed E-state index contributed by atoms with van der Waals surface area (Å²) in [6.45, 7) is 4.50. The Hall–Kier alpha value is -1.46. The highest BCUT2D eigenvalue weighted by Crippen LogP contribution is 2.31. The van der Waals surface area contributed by atoms with Crippen LogP contribution in [0, 0.1) is 5.92 Å². The predicted octanol–water partition coefficient (Wildman–Crippen LogP) is 3.46. The van der Waals surface area contributed by atoms with Crippen LogP contribution in [-0.4, -0.2) is 47.1 Å². The summed E-state index contributed by atoms with van der Waals surface area (Å²) >= 11 is 0. The van der Waals surface area contributed by atoms with E-state index in [2.05, 4.69) is 28.2 Å². The van der Waals surface area contributed by atoms with Crippen molar-refractivity contribution in [1.82, 2.24) is 15.2 Å². The van der Waals surface area contributed by atoms with Gasteiger partial charge in [0.2, 0.25) is 5.91 Å². The van der Waals surface area contributed by atoms with Crippen LogP contribution in [0.25, 0.3) is 0 Å². The van der Waals surface area contributed by atoms with E-state index in [4.69, 9.17) is 4.74 Å². The fraction of sp³-hybridized carbons (Fsp3) is 0.739. The van der Waals surface area contributed by atoms with Gasteiger partial charge in [-0.15, -0.1) is 0 Å². The van der Waals surface area contributed by atoms with E-state index in [1.54, 1.807) is 0 Å². The molecule has 1 aromatic heterocycles. The van der Waals surface area contributed by atoms with Crippen LogP contribution in [0.4, 0.5) is 0 Å². The molecule has 0 bridgehead atoms. The number of aromatic nitrogens is 1. The van der Waals surface area contributed by atoms with Crippen LogP contribution in [0.5, 0.6) is 0 Å². The van der Waals surface area contributed by atoms with Crippen molar-refractivity contribution in [3.8, 4) is 0 Å². The summed E-state index contributed by atoms with van der Waals surface area (Å²) in [5.41, 5.74) is 2.37. The number of hydrogen-bond donors (Lipinski definition) is 1. The number of pyridine rings is 1. The second-order valence-electron chi connectivity index (χ2n) is 8.79. The van der Waals surface area contributed by atoms with Gasteiger partial charge in [0.05, 0.1) is 6.10 Å². The van der Waals surface area contributed by atoms with Gasteiger partial charge in [-0.1, -0.05) is 25.8 Å². The van der Waals surface area contributed by atoms with E-state index < -0.39 is 0 Å². The Balaban J connectivity index is 1.39. The molecular weight excluding hydrogens is 350 g/mol. The van der Waals surface area contributed by atoms with E-state index >= 15 is 0 Å². The monoisotopic (exact) mass is 385 g/mol. The molecule has 28 heavy (non-hydrogen) atoms. The second kappa shape index (κ2) is 9.36. The summed E-state index contributed by atoms with van der Waals surface area (Å²) in [5, 5.41) is 3.87. The molecule has 0 spiro atoms. The first-order valence-corrected chi connectivity index (χ1v) is 11.3. The molecule has 4 rings (SSSR count). The third kappa shape index (κ3) is 4.57. The smallest absolute Gasteiger partial charge is 0.226 e. The number of amides is 1. The Morgan fingerprint density at radius 3 is 2.96 bits per heavy atom. The number of hydrogen-bond acceptors (Lipinski definition) is 4. The Morgan fingerprint density at radius 2 is 2.14 bits per heavy atom. The predicted molar refractivity (Wildman–Crippen MR) is 110 cm³/mol. The van der Waals surface area contributed by atoms with Crippen molar-refractivity contribution in [2.45, 2.75) is 89.4 Å². The van der Waals surface area contributed by atoms with Crippen LogP contribution < -0.4 is 5.32 Å². The molecule has 5 heteroatoms. The number of rotatable bonds is 6. The van der Waals surface area contributed by atoms with Gasteiger partial charge >= 0.3 is 0 Å². The first-order valence-electron chi connectivity index (χ1n) is 11.3. The maximum absolute atomic E-state index is 13.3. The van der Waals surface area contributed by atoms with Gasteiger partial charge in [0.1, 0.15) is 0 Å². The van der Waals surface area contributed by atoms with Crippen molar-refractivity contribution >= 4 is 5.91 Å². The summed E-state index contributed by atoms with van der Waals surface area (Å²) < 4.78 is 6.18. The number of carbonyl (C=O) groups excluding carboxylic acids is 1. The van der Waals surface area contributed by atoms with Gasteiger partial charge < -0.3 is 15.0 Å². The Bertz CT molecular complexity index is 659. The van der Waals surface area contributed by atoms with Crippen molar-refractivity contribution in [3.05, 3.63) is 29.6 Å². The van der Waals surface area contributed by atoms with Gasteiger partial charge in [0.15, 0.2) is 0 Å². The zero-order valence-corrected chi connectivity index (χ0v) is 17.2. The number of ether oxygens (including phenoxy) is 1. The molecular formula is C23H35N3O2. The quantitative estimate of drug-likeness (QED) is 0.815. The Kier molecular flexibility index (Phi) is 6.63. The molecule has 1 aliphatic heterocycles. The SMILES string of the molecule is CCCO[C@@H]1CC[C@H](C(=O)N2CCc3ncccc3C2)C[C@H]1NC1CCCC1. The summed E-state index contributed by atoms with van der Waals surface area (Å²) in [6.07, 6.45) is 12.1. The van der Waals surface area contributed by atoms with Crippen molar-refractivity contribution in [2.75, 3.05) is 13.2 Å². The first-order chi connectivity index (χ1) is 13.7. The topological polar surface area (TPSA) is 54.5 Å². The van der Waals surface area contributed by atoms with E-state index in [9.17, 15) is 4.79 Å². The summed E-state index contributed by atoms with van der Waals surface area (Å²) in [7, 11) is 0. The lowest BCUT2D eigenvalue weighted by molar-refractivity contribution is -0.139. The lowest BCUT2D eigenvalue weighted by atomic mass is 9.82. The first kappa shape index (κ1) is 19.8. The zero-order valence-electron chi connectivity index (χ0n) is 17.2. The van der Waals surface area contributed by atoms with Crippen molar-refractivity contribution in [1.29, 1.82) is 0 Å². The molecule has 1 amide bonds. The third-order valence-electron chi connectivity index (χ3n) is 6.75. The molecule has 0 saturated heterocycles. The maximum Gasteiger partial charge on any atom is 0.226 e. The molecule has 2 saturated carbocycles. The van der Waals surface area contributed by atoms with Crippen molar-refractivity contribution in [2.24, 2.45) is 5.92 Å². The van der Waals surface area contributed by atoms with E-state index in [-0.39, 0.29) is 12.0 Å². The highest BCUT2D eigenvalue weighted by Gasteiger charge is 2.38. The number of nitrogens with zero attached hydrogens (tertiary/aromatic N) is 2. The van der Waals surface area contributed by atoms with E-state index in [1.165, 1.54) is 31.2 Å². The van der Waals surface area contributed by atoms with Gasteiger partial charge in [-0.3, -0.25) is 9.78 Å². The fourth-order valence-electron chi connectivity index (χ4n) is 5.22. The fourth-order valence-corrected chi connectivity index (χ4v) is 5.22. The molecule has 0 radical (unpaired) electrons. The van der Waals surface area contributed by atoms with Crippen LogP contribution in [0.3, 0.4) is 0 Å². The van der Waals surface area contributed by atoms with Crippen molar-refractivity contribution in [3.63, 3.8) is 0 Å². The summed E-state index contributed by atoms with van der Waals surface area (Å²) in [5.74, 6) is 0.459. The molecule has 3 atom stereocenters. The molecule has 1 N–H and O–H groups in total. The lowest BCUT2D eigenvalue weighted by Gasteiger charge is -2.40. The van der Waals surface area contributed by atoms with Crippen LogP contribution >= 0.6 is 0 Å². The van der Waals surface area contributed by atoms with Gasteiger partial charge in [0.25, 0.3) is 0 Å². The molecule has 0 unspecified atom stereocenters. The van der Waals surface area contributed by atoms with Crippen LogP contribution in [-0.2, 0) is 22.5 Å². The molecule has 5 nitrogen and oxygen atoms in total. The van der Waals surface area contributed by atoms with Crippen molar-refractivity contribution < 1.29 is 9.53 Å². The Morgan fingerprint density at radius 1 is 1.29 bits per heavy atom. The average molecular weight is 386 g/mol. The van der Waals surface area contributed by atoms with Gasteiger partial charge in [-0.2, -0.15) is 0 Å². The molecule has 154 valence electrons. The molecule has 2 heterocycles. The van der Waals surface area contributed by atoms with E-state index in [1.807, 2.05) is 12.3 Å². The third-order valence-corrected chi connectivity index (χ3v) is 6.75. The number of nitrogens with one attached hydrogen (secondary N) is 1. The molecule has 1 aromatic rings. The summed E-state index contributed by atoms with van der Waals surface area (Å²) in [6, 6.07) is 5.02. The minimum atomic E-state index is 0.124. The lowest BCUT2D eigenvalue weighted by Crippen LogP contribution is -2.52. The second-order valence-corrected chi connectivity index (χ2v) is 8.79.